The molecular formula is C35H70N2O6P+. The van der Waals surface area contributed by atoms with Crippen LogP contribution in [0.25, 0.3) is 0 Å². The molecule has 1 amide bonds. The number of nitrogens with one attached hydrogen (secondary N) is 1. The number of phosphoric acid groups is 1. The molecule has 0 aromatic heterocycles. The van der Waals surface area contributed by atoms with Crippen molar-refractivity contribution in [2.75, 3.05) is 40.9 Å². The van der Waals surface area contributed by atoms with Crippen LogP contribution in [0, 0.1) is 0 Å². The number of nitrogens with zero attached hydrogens (tertiary/aromatic N) is 1. The molecule has 0 spiro atoms. The zero-order valence-electron chi connectivity index (χ0n) is 29.1. The van der Waals surface area contributed by atoms with Crippen LogP contribution in [-0.2, 0) is 18.4 Å². The third-order valence-electron chi connectivity index (χ3n) is 7.73. The average Bonchev–Trinajstić information content (AvgIpc) is 2.95. The predicted molar refractivity (Wildman–Crippen MR) is 185 cm³/mol. The van der Waals surface area contributed by atoms with Crippen molar-refractivity contribution in [3.8, 4) is 0 Å². The lowest BCUT2D eigenvalue weighted by Crippen LogP contribution is -2.45. The van der Waals surface area contributed by atoms with Gasteiger partial charge in [0.15, 0.2) is 0 Å². The van der Waals surface area contributed by atoms with Crippen LogP contribution in [0.4, 0.5) is 0 Å². The van der Waals surface area contributed by atoms with Crippen LogP contribution in [-0.4, -0.2) is 73.4 Å². The number of carbonyl (C=O) groups is 1. The van der Waals surface area contributed by atoms with Crippen molar-refractivity contribution in [2.45, 2.75) is 154 Å². The Labute approximate surface area is 271 Å². The van der Waals surface area contributed by atoms with Crippen LogP contribution in [0.3, 0.4) is 0 Å². The van der Waals surface area contributed by atoms with Gasteiger partial charge in [0.05, 0.1) is 39.9 Å². The fourth-order valence-electron chi connectivity index (χ4n) is 4.80. The fraction of sp³-hybridized carbons (Fsp3) is 0.857. The number of carbonyl (C=O) groups excluding carboxylic acids is 1. The van der Waals surface area contributed by atoms with Crippen LogP contribution < -0.4 is 5.32 Å². The molecule has 0 fully saturated rings. The summed E-state index contributed by atoms with van der Waals surface area (Å²) in [6.45, 7) is 4.72. The molecule has 0 aromatic rings. The zero-order valence-corrected chi connectivity index (χ0v) is 30.0. The number of hydrogen-bond donors (Lipinski definition) is 3. The molecule has 0 bridgehead atoms. The maximum absolute atomic E-state index is 12.7. The first kappa shape index (κ1) is 43.0. The van der Waals surface area contributed by atoms with Crippen LogP contribution in [0.15, 0.2) is 24.3 Å². The number of hydrogen-bond acceptors (Lipinski definition) is 5. The van der Waals surface area contributed by atoms with Gasteiger partial charge in [-0.25, -0.2) is 4.57 Å². The third kappa shape index (κ3) is 29.7. The lowest BCUT2D eigenvalue weighted by molar-refractivity contribution is -0.870. The molecule has 8 nitrogen and oxygen atoms in total. The summed E-state index contributed by atoms with van der Waals surface area (Å²) in [6, 6.07) is -0.870. The van der Waals surface area contributed by atoms with Gasteiger partial charge < -0.3 is 19.8 Å². The summed E-state index contributed by atoms with van der Waals surface area (Å²) in [5.41, 5.74) is 0. The summed E-state index contributed by atoms with van der Waals surface area (Å²) in [6.07, 6.45) is 29.6. The highest BCUT2D eigenvalue weighted by atomic mass is 31.2. The van der Waals surface area contributed by atoms with E-state index in [-0.39, 0.29) is 19.1 Å². The minimum absolute atomic E-state index is 0.0547. The molecule has 0 saturated heterocycles. The number of aliphatic hydroxyl groups is 1. The van der Waals surface area contributed by atoms with E-state index in [1.807, 2.05) is 27.2 Å². The van der Waals surface area contributed by atoms with Crippen LogP contribution in [0.1, 0.15) is 142 Å². The number of amides is 1. The van der Waals surface area contributed by atoms with E-state index < -0.39 is 20.0 Å². The lowest BCUT2D eigenvalue weighted by Gasteiger charge is -2.25. The zero-order chi connectivity index (χ0) is 32.9. The molecule has 0 aromatic carbocycles. The molecule has 3 atom stereocenters. The van der Waals surface area contributed by atoms with Crippen molar-refractivity contribution in [1.82, 2.24) is 5.32 Å². The standard InChI is InChI=1S/C35H69N2O6P/c1-6-8-10-12-14-16-18-20-22-24-26-28-34(38)33(32-43-44(40,41)42-31-30-37(3,4)5)36-35(39)29-27-25-23-21-19-17-15-13-11-9-7-2/h22,24,26,28,33-34,38H,6-21,23,25,27,29-32H2,1-5H3,(H-,36,39,40,41)/p+1/b24-22+,28-26+/t33-,34+/m0/s1. The van der Waals surface area contributed by atoms with Crippen LogP contribution >= 0.6 is 7.82 Å². The number of aliphatic hydroxyl groups excluding tert-OH is 1. The van der Waals surface area contributed by atoms with Gasteiger partial charge in [-0.2, -0.15) is 0 Å². The second kappa shape index (κ2) is 28.2. The van der Waals surface area contributed by atoms with E-state index in [9.17, 15) is 19.4 Å². The molecule has 3 N–H and O–H groups in total. The van der Waals surface area contributed by atoms with Crippen molar-refractivity contribution >= 4 is 13.7 Å². The molecule has 0 heterocycles. The van der Waals surface area contributed by atoms with Gasteiger partial charge in [-0.3, -0.25) is 13.8 Å². The first-order valence-electron chi connectivity index (χ1n) is 17.7. The minimum Gasteiger partial charge on any atom is -0.387 e. The Kier molecular flexibility index (Phi) is 27.6. The Morgan fingerprint density at radius 2 is 1.27 bits per heavy atom. The molecule has 0 rings (SSSR count). The quantitative estimate of drug-likeness (QED) is 0.0302. The van der Waals surface area contributed by atoms with Gasteiger partial charge in [0.1, 0.15) is 13.2 Å². The van der Waals surface area contributed by atoms with Crippen molar-refractivity contribution in [3.05, 3.63) is 24.3 Å². The molecule has 0 aliphatic heterocycles. The second-order valence-corrected chi connectivity index (χ2v) is 14.7. The van der Waals surface area contributed by atoms with E-state index in [0.29, 0.717) is 17.4 Å². The normalized spacial score (nSPS) is 15.2. The van der Waals surface area contributed by atoms with Crippen molar-refractivity contribution in [1.29, 1.82) is 0 Å². The Morgan fingerprint density at radius 3 is 1.80 bits per heavy atom. The van der Waals surface area contributed by atoms with Gasteiger partial charge >= 0.3 is 7.82 Å². The minimum atomic E-state index is -4.33. The number of unbranched alkanes of at least 4 members (excludes halogenated alkanes) is 17. The lowest BCUT2D eigenvalue weighted by atomic mass is 10.0. The van der Waals surface area contributed by atoms with E-state index in [1.165, 1.54) is 89.9 Å². The van der Waals surface area contributed by atoms with Gasteiger partial charge in [-0.15, -0.1) is 0 Å². The van der Waals surface area contributed by atoms with Gasteiger partial charge in [0, 0.05) is 6.42 Å². The Balaban J connectivity index is 4.67. The molecule has 0 aliphatic rings. The molecule has 0 radical (unpaired) electrons. The Morgan fingerprint density at radius 1 is 0.773 bits per heavy atom. The predicted octanol–water partition coefficient (Wildman–Crippen LogP) is 8.63. The van der Waals surface area contributed by atoms with E-state index >= 15 is 0 Å². The van der Waals surface area contributed by atoms with Gasteiger partial charge in [-0.1, -0.05) is 141 Å². The number of phosphoric ester groups is 1. The topological polar surface area (TPSA) is 105 Å². The highest BCUT2D eigenvalue weighted by molar-refractivity contribution is 7.47. The third-order valence-corrected chi connectivity index (χ3v) is 8.71. The van der Waals surface area contributed by atoms with Gasteiger partial charge in [-0.05, 0) is 19.3 Å². The van der Waals surface area contributed by atoms with Crippen LogP contribution in [0.2, 0.25) is 0 Å². The maximum atomic E-state index is 12.7. The Hall–Kier alpha value is -1.02. The summed E-state index contributed by atoms with van der Waals surface area (Å²) >= 11 is 0. The Bertz CT molecular complexity index is 784. The summed E-state index contributed by atoms with van der Waals surface area (Å²) in [7, 11) is 1.54. The SMILES string of the molecule is CCCCCCCCC/C=C/C=C/[C@@H](O)[C@H](COP(=O)(O)OCC[N+](C)(C)C)NC(=O)CCCCCCCCCCCCC. The summed E-state index contributed by atoms with van der Waals surface area (Å²) in [5.74, 6) is -0.199. The van der Waals surface area contributed by atoms with E-state index in [1.54, 1.807) is 12.2 Å². The molecule has 44 heavy (non-hydrogen) atoms. The second-order valence-electron chi connectivity index (χ2n) is 13.3. The first-order chi connectivity index (χ1) is 21.0. The molecular weight excluding hydrogens is 575 g/mol. The number of likely N-dealkylation sites (N-methyl/N-ethyl adjacent to an activating group) is 1. The van der Waals surface area contributed by atoms with E-state index in [4.69, 9.17) is 9.05 Å². The fourth-order valence-corrected chi connectivity index (χ4v) is 5.54. The van der Waals surface area contributed by atoms with E-state index in [0.717, 1.165) is 32.1 Å². The maximum Gasteiger partial charge on any atom is 0.472 e. The summed E-state index contributed by atoms with van der Waals surface area (Å²) in [4.78, 5) is 22.9. The summed E-state index contributed by atoms with van der Waals surface area (Å²) in [5, 5.41) is 13.6. The number of allylic oxidation sites excluding steroid dienone is 3. The molecule has 9 heteroatoms. The number of quaternary nitrogens is 1. The molecule has 1 unspecified atom stereocenters. The largest absolute Gasteiger partial charge is 0.472 e. The van der Waals surface area contributed by atoms with Crippen molar-refractivity contribution < 1.29 is 32.9 Å². The number of rotatable bonds is 31. The van der Waals surface area contributed by atoms with Gasteiger partial charge in [0.25, 0.3) is 0 Å². The molecule has 260 valence electrons. The van der Waals surface area contributed by atoms with Crippen LogP contribution in [0.5, 0.6) is 0 Å². The molecule has 0 saturated carbocycles. The van der Waals surface area contributed by atoms with Crippen molar-refractivity contribution in [2.24, 2.45) is 0 Å². The first-order valence-corrected chi connectivity index (χ1v) is 19.2. The smallest absolute Gasteiger partial charge is 0.387 e. The highest BCUT2D eigenvalue weighted by Crippen LogP contribution is 2.43. The monoisotopic (exact) mass is 645 g/mol. The summed E-state index contributed by atoms with van der Waals surface area (Å²) < 4.78 is 23.3. The van der Waals surface area contributed by atoms with Crippen molar-refractivity contribution in [3.63, 3.8) is 0 Å². The highest BCUT2D eigenvalue weighted by Gasteiger charge is 2.27. The molecule has 0 aliphatic carbocycles. The van der Waals surface area contributed by atoms with E-state index in [2.05, 4.69) is 25.2 Å². The van der Waals surface area contributed by atoms with Gasteiger partial charge in [0.2, 0.25) is 5.91 Å². The average molecular weight is 646 g/mol.